The third kappa shape index (κ3) is 3.64. The van der Waals surface area contributed by atoms with Gasteiger partial charge < -0.3 is 15.2 Å². The molecular formula is C14H15N3O2S. The van der Waals surface area contributed by atoms with Crippen LogP contribution in [0.2, 0.25) is 0 Å². The van der Waals surface area contributed by atoms with Gasteiger partial charge in [0.2, 0.25) is 5.88 Å². The molecule has 104 valence electrons. The molecule has 1 aromatic carbocycles. The fraction of sp³-hybridized carbons (Fsp3) is 0.214. The Hall–Kier alpha value is -2.21. The van der Waals surface area contributed by atoms with Gasteiger partial charge in [0.05, 0.1) is 19.0 Å². The molecule has 2 rings (SSSR count). The average Bonchev–Trinajstić information content (AvgIpc) is 2.47. The molecule has 5 nitrogen and oxygen atoms in total. The summed E-state index contributed by atoms with van der Waals surface area (Å²) in [5.41, 5.74) is 5.92. The Bertz CT molecular complexity index is 587. The van der Waals surface area contributed by atoms with Crippen LogP contribution >= 0.6 is 12.2 Å². The van der Waals surface area contributed by atoms with Crippen molar-refractivity contribution in [3.8, 4) is 17.4 Å². The fourth-order valence-electron chi connectivity index (χ4n) is 1.47. The molecule has 0 atom stereocenters. The van der Waals surface area contributed by atoms with Gasteiger partial charge in [-0.05, 0) is 18.6 Å². The number of benzene rings is 1. The van der Waals surface area contributed by atoms with Crippen molar-refractivity contribution in [1.29, 1.82) is 0 Å². The molecule has 0 aliphatic carbocycles. The molecule has 6 heteroatoms. The zero-order chi connectivity index (χ0) is 14.4. The highest BCUT2D eigenvalue weighted by Gasteiger charge is 2.07. The summed E-state index contributed by atoms with van der Waals surface area (Å²) in [6.45, 7) is 2.68. The van der Waals surface area contributed by atoms with E-state index in [1.807, 2.05) is 31.2 Å². The Labute approximate surface area is 122 Å². The van der Waals surface area contributed by atoms with Crippen LogP contribution in [0.3, 0.4) is 0 Å². The van der Waals surface area contributed by atoms with E-state index in [1.165, 1.54) is 12.4 Å². The molecule has 1 heterocycles. The standard InChI is InChI=1S/C14H15N3O2S/c1-2-7-18-11-5-3-4-6-12(11)19-13-9-16-10(8-17-13)14(15)20/h3-6,8-9H,2,7H2,1H3,(H2,15,20). The zero-order valence-corrected chi connectivity index (χ0v) is 11.9. The van der Waals surface area contributed by atoms with Crippen LogP contribution in [0, 0.1) is 0 Å². The predicted octanol–water partition coefficient (Wildman–Crippen LogP) is 2.69. The van der Waals surface area contributed by atoms with Crippen LogP contribution in [0.4, 0.5) is 0 Å². The van der Waals surface area contributed by atoms with Crippen LogP contribution in [0.1, 0.15) is 19.0 Å². The Kier molecular flexibility index (Phi) is 4.84. The number of rotatable bonds is 6. The van der Waals surface area contributed by atoms with Crippen LogP contribution in [0.5, 0.6) is 17.4 Å². The van der Waals surface area contributed by atoms with Crippen LogP contribution in [-0.2, 0) is 0 Å². The van der Waals surface area contributed by atoms with Gasteiger partial charge in [0, 0.05) is 0 Å². The minimum absolute atomic E-state index is 0.204. The van der Waals surface area contributed by atoms with Gasteiger partial charge in [-0.1, -0.05) is 31.3 Å². The lowest BCUT2D eigenvalue weighted by molar-refractivity contribution is 0.300. The first-order valence-corrected chi connectivity index (χ1v) is 6.63. The molecule has 0 spiro atoms. The second kappa shape index (κ2) is 6.81. The van der Waals surface area contributed by atoms with Gasteiger partial charge in [0.15, 0.2) is 11.5 Å². The number of nitrogens with zero attached hydrogens (tertiary/aromatic N) is 2. The first kappa shape index (κ1) is 14.2. The van der Waals surface area contributed by atoms with E-state index >= 15 is 0 Å². The van der Waals surface area contributed by atoms with Gasteiger partial charge >= 0.3 is 0 Å². The molecule has 0 aliphatic heterocycles. The molecule has 0 bridgehead atoms. The molecule has 0 saturated heterocycles. The molecule has 0 fully saturated rings. The number of para-hydroxylation sites is 2. The first-order valence-electron chi connectivity index (χ1n) is 6.22. The lowest BCUT2D eigenvalue weighted by Crippen LogP contribution is -2.11. The SMILES string of the molecule is CCCOc1ccccc1Oc1cnc(C(N)=S)cn1. The van der Waals surface area contributed by atoms with Gasteiger partial charge in [-0.2, -0.15) is 0 Å². The maximum Gasteiger partial charge on any atom is 0.238 e. The molecule has 20 heavy (non-hydrogen) atoms. The van der Waals surface area contributed by atoms with Gasteiger partial charge in [0.1, 0.15) is 10.7 Å². The molecular weight excluding hydrogens is 274 g/mol. The van der Waals surface area contributed by atoms with E-state index < -0.39 is 0 Å². The summed E-state index contributed by atoms with van der Waals surface area (Å²) < 4.78 is 11.3. The second-order valence-corrected chi connectivity index (χ2v) is 4.44. The number of hydrogen-bond donors (Lipinski definition) is 1. The van der Waals surface area contributed by atoms with Crippen molar-refractivity contribution >= 4 is 17.2 Å². The van der Waals surface area contributed by atoms with E-state index in [2.05, 4.69) is 9.97 Å². The van der Waals surface area contributed by atoms with Crippen LogP contribution in [0.15, 0.2) is 36.7 Å². The predicted molar refractivity (Wildman–Crippen MR) is 80.2 cm³/mol. The zero-order valence-electron chi connectivity index (χ0n) is 11.1. The van der Waals surface area contributed by atoms with Crippen LogP contribution in [-0.4, -0.2) is 21.6 Å². The molecule has 0 saturated carbocycles. The lowest BCUT2D eigenvalue weighted by atomic mass is 10.3. The smallest absolute Gasteiger partial charge is 0.238 e. The first-order chi connectivity index (χ1) is 9.70. The number of aromatic nitrogens is 2. The Balaban J connectivity index is 2.14. The van der Waals surface area contributed by atoms with E-state index in [4.69, 9.17) is 27.4 Å². The maximum absolute atomic E-state index is 5.66. The summed E-state index contributed by atoms with van der Waals surface area (Å²) in [4.78, 5) is 8.38. The molecule has 2 N–H and O–H groups in total. The lowest BCUT2D eigenvalue weighted by Gasteiger charge is -2.11. The third-order valence-corrected chi connectivity index (χ3v) is 2.62. The maximum atomic E-state index is 5.66. The van der Waals surface area contributed by atoms with Gasteiger partial charge in [-0.15, -0.1) is 0 Å². The van der Waals surface area contributed by atoms with E-state index in [-0.39, 0.29) is 4.99 Å². The molecule has 0 unspecified atom stereocenters. The molecule has 1 aromatic heterocycles. The summed E-state index contributed by atoms with van der Waals surface area (Å²) in [5.74, 6) is 1.63. The number of nitrogens with two attached hydrogens (primary N) is 1. The molecule has 2 aromatic rings. The number of hydrogen-bond acceptors (Lipinski definition) is 5. The molecule has 0 aliphatic rings. The van der Waals surface area contributed by atoms with E-state index in [0.29, 0.717) is 29.7 Å². The number of ether oxygens (including phenoxy) is 2. The Morgan fingerprint density at radius 2 is 1.95 bits per heavy atom. The van der Waals surface area contributed by atoms with Crippen molar-refractivity contribution in [2.45, 2.75) is 13.3 Å². The Morgan fingerprint density at radius 1 is 1.20 bits per heavy atom. The highest BCUT2D eigenvalue weighted by atomic mass is 32.1. The van der Waals surface area contributed by atoms with Crippen LogP contribution < -0.4 is 15.2 Å². The molecule has 0 radical (unpaired) electrons. The third-order valence-electron chi connectivity index (χ3n) is 2.41. The van der Waals surface area contributed by atoms with Crippen molar-refractivity contribution in [2.24, 2.45) is 5.73 Å². The summed E-state index contributed by atoms with van der Waals surface area (Å²) in [6, 6.07) is 7.42. The summed E-state index contributed by atoms with van der Waals surface area (Å²) in [5, 5.41) is 0. The fourth-order valence-corrected chi connectivity index (χ4v) is 1.58. The Morgan fingerprint density at radius 3 is 2.55 bits per heavy atom. The minimum Gasteiger partial charge on any atom is -0.490 e. The number of thiocarbonyl (C=S) groups is 1. The summed E-state index contributed by atoms with van der Waals surface area (Å²) >= 11 is 4.82. The van der Waals surface area contributed by atoms with Crippen molar-refractivity contribution in [3.63, 3.8) is 0 Å². The monoisotopic (exact) mass is 289 g/mol. The van der Waals surface area contributed by atoms with Crippen molar-refractivity contribution in [1.82, 2.24) is 9.97 Å². The highest BCUT2D eigenvalue weighted by Crippen LogP contribution is 2.30. The highest BCUT2D eigenvalue weighted by molar-refractivity contribution is 7.80. The quantitative estimate of drug-likeness (QED) is 0.824. The van der Waals surface area contributed by atoms with E-state index in [1.54, 1.807) is 0 Å². The largest absolute Gasteiger partial charge is 0.490 e. The van der Waals surface area contributed by atoms with Gasteiger partial charge in [-0.25, -0.2) is 9.97 Å². The van der Waals surface area contributed by atoms with Crippen molar-refractivity contribution in [3.05, 3.63) is 42.4 Å². The average molecular weight is 289 g/mol. The minimum atomic E-state index is 0.204. The topological polar surface area (TPSA) is 70.3 Å². The summed E-state index contributed by atoms with van der Waals surface area (Å²) in [7, 11) is 0. The van der Waals surface area contributed by atoms with E-state index in [9.17, 15) is 0 Å². The second-order valence-electron chi connectivity index (χ2n) is 4.00. The van der Waals surface area contributed by atoms with E-state index in [0.717, 1.165) is 6.42 Å². The van der Waals surface area contributed by atoms with Gasteiger partial charge in [0.25, 0.3) is 0 Å². The van der Waals surface area contributed by atoms with Gasteiger partial charge in [-0.3, -0.25) is 0 Å². The van der Waals surface area contributed by atoms with Crippen molar-refractivity contribution < 1.29 is 9.47 Å². The van der Waals surface area contributed by atoms with Crippen LogP contribution in [0.25, 0.3) is 0 Å². The summed E-state index contributed by atoms with van der Waals surface area (Å²) in [6.07, 6.45) is 3.88. The van der Waals surface area contributed by atoms with Crippen molar-refractivity contribution in [2.75, 3.05) is 6.61 Å². The normalized spacial score (nSPS) is 10.1. The molecule has 0 amide bonds.